The lowest BCUT2D eigenvalue weighted by Gasteiger charge is -2.33. The van der Waals surface area contributed by atoms with Crippen LogP contribution in [0.2, 0.25) is 0 Å². The maximum absolute atomic E-state index is 10.8. The summed E-state index contributed by atoms with van der Waals surface area (Å²) in [6.07, 6.45) is 0. The van der Waals surface area contributed by atoms with Crippen LogP contribution in [0.25, 0.3) is 10.7 Å². The first-order valence-electron chi connectivity index (χ1n) is 8.64. The number of thiophene rings is 1. The van der Waals surface area contributed by atoms with Gasteiger partial charge in [-0.2, -0.15) is 4.98 Å². The van der Waals surface area contributed by atoms with Crippen molar-refractivity contribution in [1.82, 2.24) is 14.8 Å². The van der Waals surface area contributed by atoms with E-state index in [9.17, 15) is 10.1 Å². The molecular formula is C17H19N6O2S2+. The average Bonchev–Trinajstić information content (AvgIpc) is 3.33. The van der Waals surface area contributed by atoms with E-state index in [1.165, 1.54) is 4.90 Å². The number of anilines is 1. The van der Waals surface area contributed by atoms with Gasteiger partial charge in [0.2, 0.25) is 4.77 Å². The fourth-order valence-corrected chi connectivity index (χ4v) is 4.10. The highest BCUT2D eigenvalue weighted by molar-refractivity contribution is 7.71. The highest BCUT2D eigenvalue weighted by Gasteiger charge is 2.21. The summed E-state index contributed by atoms with van der Waals surface area (Å²) in [5.41, 5.74) is 1.15. The number of nitrogens with one attached hydrogen (secondary N) is 2. The summed E-state index contributed by atoms with van der Waals surface area (Å²) in [7, 11) is 0. The van der Waals surface area contributed by atoms with Crippen LogP contribution in [0.15, 0.2) is 41.8 Å². The first-order valence-corrected chi connectivity index (χ1v) is 9.92. The lowest BCUT2D eigenvalue weighted by Crippen LogP contribution is -3.14. The van der Waals surface area contributed by atoms with Gasteiger partial charge in [0.1, 0.15) is 0 Å². The molecule has 0 aliphatic carbocycles. The van der Waals surface area contributed by atoms with Gasteiger partial charge < -0.3 is 9.80 Å². The lowest BCUT2D eigenvalue weighted by atomic mass is 10.2. The van der Waals surface area contributed by atoms with E-state index < -0.39 is 0 Å². The van der Waals surface area contributed by atoms with Crippen LogP contribution in [0, 0.1) is 14.9 Å². The first-order chi connectivity index (χ1) is 13.1. The van der Waals surface area contributed by atoms with Crippen molar-refractivity contribution in [2.75, 3.05) is 31.1 Å². The molecule has 8 nitrogen and oxygen atoms in total. The second-order valence-electron chi connectivity index (χ2n) is 6.43. The van der Waals surface area contributed by atoms with Crippen molar-refractivity contribution in [1.29, 1.82) is 0 Å². The third kappa shape index (κ3) is 3.92. The second kappa shape index (κ2) is 7.59. The van der Waals surface area contributed by atoms with Crippen molar-refractivity contribution < 1.29 is 9.82 Å². The monoisotopic (exact) mass is 403 g/mol. The minimum Gasteiger partial charge on any atom is -0.360 e. The Hall–Kier alpha value is -2.56. The predicted octanol–water partition coefficient (Wildman–Crippen LogP) is 1.94. The summed E-state index contributed by atoms with van der Waals surface area (Å²) >= 11 is 7.03. The Morgan fingerprint density at radius 1 is 1.26 bits per heavy atom. The molecule has 1 saturated heterocycles. The van der Waals surface area contributed by atoms with Gasteiger partial charge in [-0.1, -0.05) is 6.07 Å². The molecule has 1 aromatic carbocycles. The number of hydrogen-bond acceptors (Lipinski definition) is 6. The molecular weight excluding hydrogens is 384 g/mol. The highest BCUT2D eigenvalue weighted by atomic mass is 32.1. The van der Waals surface area contributed by atoms with E-state index in [-0.39, 0.29) is 10.6 Å². The summed E-state index contributed by atoms with van der Waals surface area (Å²) < 4.78 is 2.50. The summed E-state index contributed by atoms with van der Waals surface area (Å²) in [4.78, 5) is 19.6. The Morgan fingerprint density at radius 3 is 2.63 bits per heavy atom. The zero-order valence-corrected chi connectivity index (χ0v) is 16.1. The van der Waals surface area contributed by atoms with Crippen LogP contribution in [-0.2, 0) is 6.67 Å². The average molecular weight is 404 g/mol. The fraction of sp³-hybridized carbons (Fsp3) is 0.294. The minimum atomic E-state index is -0.371. The standard InChI is InChI=1S/C17H18N6O2S2/c24-23(25)14-5-3-13(4-6-14)21-9-7-20(8-10-21)12-22-17(26)18-16(19-22)15-2-1-11-27-15/h1-6,11H,7-10,12H2,(H,18,19,26)/p+1. The van der Waals surface area contributed by atoms with Gasteiger partial charge in [0, 0.05) is 17.8 Å². The van der Waals surface area contributed by atoms with Gasteiger partial charge in [-0.05, 0) is 35.8 Å². The number of nitrogens with zero attached hydrogens (tertiary/aromatic N) is 4. The van der Waals surface area contributed by atoms with Crippen LogP contribution in [0.5, 0.6) is 0 Å². The number of aromatic nitrogens is 3. The predicted molar refractivity (Wildman–Crippen MR) is 107 cm³/mol. The largest absolute Gasteiger partial charge is 0.360 e. The van der Waals surface area contributed by atoms with E-state index in [0.717, 1.165) is 49.2 Å². The Bertz CT molecular complexity index is 972. The molecule has 2 aromatic heterocycles. The molecule has 0 amide bonds. The summed E-state index contributed by atoms with van der Waals surface area (Å²) in [5.74, 6) is 0.818. The first kappa shape index (κ1) is 17.8. The van der Waals surface area contributed by atoms with E-state index in [4.69, 9.17) is 12.2 Å². The number of piperazine rings is 1. The number of aromatic amines is 1. The molecule has 4 rings (SSSR count). The Morgan fingerprint density at radius 2 is 2.00 bits per heavy atom. The number of benzene rings is 1. The summed E-state index contributed by atoms with van der Waals surface area (Å²) in [6.45, 7) is 4.47. The molecule has 0 unspecified atom stereocenters. The minimum absolute atomic E-state index is 0.123. The van der Waals surface area contributed by atoms with Gasteiger partial charge in [0.25, 0.3) is 5.69 Å². The van der Waals surface area contributed by atoms with Crippen molar-refractivity contribution >= 4 is 34.9 Å². The third-order valence-corrected chi connectivity index (χ3v) is 5.90. The van der Waals surface area contributed by atoms with Gasteiger partial charge in [-0.25, -0.2) is 4.68 Å². The van der Waals surface area contributed by atoms with E-state index in [0.29, 0.717) is 4.77 Å². The maximum Gasteiger partial charge on any atom is 0.269 e. The van der Waals surface area contributed by atoms with Crippen LogP contribution in [0.3, 0.4) is 0 Å². The van der Waals surface area contributed by atoms with Crippen LogP contribution in [0.4, 0.5) is 11.4 Å². The Balaban J connectivity index is 1.37. The second-order valence-corrected chi connectivity index (χ2v) is 7.74. The van der Waals surface area contributed by atoms with Crippen LogP contribution in [-0.4, -0.2) is 45.9 Å². The van der Waals surface area contributed by atoms with Crippen LogP contribution in [0.1, 0.15) is 0 Å². The number of H-pyrrole nitrogens is 1. The van der Waals surface area contributed by atoms with Crippen LogP contribution >= 0.6 is 23.6 Å². The number of non-ortho nitro benzene ring substituents is 1. The molecule has 1 aliphatic heterocycles. The molecule has 0 saturated carbocycles. The number of quaternary nitrogens is 1. The molecule has 3 heterocycles. The summed E-state index contributed by atoms with van der Waals surface area (Å²) in [5, 5.41) is 16.1. The quantitative estimate of drug-likeness (QED) is 0.386. The van der Waals surface area contributed by atoms with Crippen molar-refractivity contribution in [3.8, 4) is 10.7 Å². The number of hydrogen-bond donors (Lipinski definition) is 2. The molecule has 0 radical (unpaired) electrons. The van der Waals surface area contributed by atoms with Gasteiger partial charge >= 0.3 is 0 Å². The van der Waals surface area contributed by atoms with E-state index in [2.05, 4.69) is 15.0 Å². The zero-order chi connectivity index (χ0) is 18.8. The van der Waals surface area contributed by atoms with E-state index >= 15 is 0 Å². The Labute approximate surface area is 164 Å². The number of rotatable bonds is 5. The van der Waals surface area contributed by atoms with Gasteiger partial charge in [0.05, 0.1) is 36.0 Å². The summed E-state index contributed by atoms with van der Waals surface area (Å²) in [6, 6.07) is 10.8. The number of nitro groups is 1. The molecule has 0 bridgehead atoms. The zero-order valence-electron chi connectivity index (χ0n) is 14.5. The van der Waals surface area contributed by atoms with Crippen molar-refractivity contribution in [2.45, 2.75) is 6.67 Å². The van der Waals surface area contributed by atoms with Crippen molar-refractivity contribution in [3.05, 3.63) is 56.7 Å². The molecule has 0 atom stereocenters. The topological polar surface area (TPSA) is 84.4 Å². The normalized spacial score (nSPS) is 15.2. The van der Waals surface area contributed by atoms with Gasteiger partial charge in [-0.3, -0.25) is 15.2 Å². The molecule has 3 aromatic rings. The lowest BCUT2D eigenvalue weighted by molar-refractivity contribution is -0.924. The van der Waals surface area contributed by atoms with Gasteiger partial charge in [-0.15, -0.1) is 11.3 Å². The molecule has 10 heteroatoms. The fourth-order valence-electron chi connectivity index (χ4n) is 3.24. The maximum atomic E-state index is 10.8. The van der Waals surface area contributed by atoms with E-state index in [1.54, 1.807) is 23.5 Å². The van der Waals surface area contributed by atoms with Gasteiger partial charge in [0.15, 0.2) is 12.5 Å². The number of nitro benzene ring substituents is 1. The van der Waals surface area contributed by atoms with E-state index in [1.807, 2.05) is 34.3 Å². The molecule has 1 fully saturated rings. The van der Waals surface area contributed by atoms with Crippen molar-refractivity contribution in [2.24, 2.45) is 0 Å². The molecule has 27 heavy (non-hydrogen) atoms. The molecule has 2 N–H and O–H groups in total. The highest BCUT2D eigenvalue weighted by Crippen LogP contribution is 2.21. The van der Waals surface area contributed by atoms with Crippen molar-refractivity contribution in [3.63, 3.8) is 0 Å². The smallest absolute Gasteiger partial charge is 0.269 e. The van der Waals surface area contributed by atoms with Crippen LogP contribution < -0.4 is 9.80 Å². The Kier molecular flexibility index (Phi) is 5.01. The molecule has 0 spiro atoms. The molecule has 1 aliphatic rings. The SMILES string of the molecule is O=[N+]([O-])c1ccc(N2CC[NH+](Cn3[nH]c(-c4cccs4)nc3=S)CC2)cc1. The molecule has 140 valence electrons. The third-order valence-electron chi connectivity index (χ3n) is 4.71.